The highest BCUT2D eigenvalue weighted by molar-refractivity contribution is 6.12. The van der Waals surface area contributed by atoms with E-state index in [2.05, 4.69) is 57.8 Å². The zero-order valence-corrected chi connectivity index (χ0v) is 28.1. The van der Waals surface area contributed by atoms with Crippen molar-refractivity contribution in [2.24, 2.45) is 4.99 Å². The number of hydrogen-bond acceptors (Lipinski definition) is 7. The minimum absolute atomic E-state index is 0.405. The van der Waals surface area contributed by atoms with E-state index in [-0.39, 0.29) is 0 Å². The molecule has 2 aliphatic heterocycles. The lowest BCUT2D eigenvalue weighted by molar-refractivity contribution is -0.178. The van der Waals surface area contributed by atoms with E-state index < -0.39 is 11.2 Å². The third kappa shape index (κ3) is 8.69. The van der Waals surface area contributed by atoms with Crippen molar-refractivity contribution < 1.29 is 28.4 Å². The summed E-state index contributed by atoms with van der Waals surface area (Å²) in [5.41, 5.74) is 5.98. The third-order valence-corrected chi connectivity index (χ3v) is 8.54. The van der Waals surface area contributed by atoms with Gasteiger partial charge >= 0.3 is 0 Å². The number of hydrogen-bond donors (Lipinski definition) is 1. The number of aromatic nitrogens is 1. The highest BCUT2D eigenvalue weighted by Crippen LogP contribution is 2.33. The maximum Gasteiger partial charge on any atom is 0.161 e. The molecule has 0 aliphatic carbocycles. The molecule has 0 atom stereocenters. The molecule has 246 valence electrons. The molecule has 0 saturated heterocycles. The van der Waals surface area contributed by atoms with Gasteiger partial charge in [-0.1, -0.05) is 30.3 Å². The van der Waals surface area contributed by atoms with Crippen LogP contribution in [-0.4, -0.2) is 61.5 Å². The first-order valence-corrected chi connectivity index (χ1v) is 16.2. The summed E-state index contributed by atoms with van der Waals surface area (Å²) in [6.45, 7) is 16.0. The second kappa shape index (κ2) is 15.2. The average Bonchev–Trinajstić information content (AvgIpc) is 3.57. The zero-order valence-electron chi connectivity index (χ0n) is 28.1. The van der Waals surface area contributed by atoms with Gasteiger partial charge in [-0.3, -0.25) is 0 Å². The summed E-state index contributed by atoms with van der Waals surface area (Å²) < 4.78 is 37.0. The van der Waals surface area contributed by atoms with Crippen molar-refractivity contribution in [3.8, 4) is 11.5 Å². The highest BCUT2D eigenvalue weighted by Gasteiger charge is 2.39. The van der Waals surface area contributed by atoms with Crippen LogP contribution in [0.4, 0.5) is 0 Å². The number of ether oxygens (including phenoxy) is 6. The SMILES string of the molecule is Cc1cc(C)c(/C=C2\N=C(c3ccc4c(c3)OCCCOC(C)(C)C(C)(C)OCCCO4)C=C2OCCOCc2ccccc2)[nH]1. The Labute approximate surface area is 273 Å². The van der Waals surface area contributed by atoms with Gasteiger partial charge in [-0.2, -0.15) is 0 Å². The predicted molar refractivity (Wildman–Crippen MR) is 182 cm³/mol. The van der Waals surface area contributed by atoms with E-state index in [1.165, 1.54) is 0 Å². The molecule has 2 aliphatic rings. The summed E-state index contributed by atoms with van der Waals surface area (Å²) >= 11 is 0. The Morgan fingerprint density at radius 2 is 1.52 bits per heavy atom. The molecule has 0 spiro atoms. The minimum atomic E-state index is -0.438. The average molecular weight is 629 g/mol. The van der Waals surface area contributed by atoms with Crippen LogP contribution in [0.1, 0.15) is 68.6 Å². The summed E-state index contributed by atoms with van der Waals surface area (Å²) in [6.07, 6.45) is 5.50. The molecule has 0 radical (unpaired) electrons. The molecule has 1 aromatic heterocycles. The predicted octanol–water partition coefficient (Wildman–Crippen LogP) is 7.73. The number of aliphatic imine (C=N–C) groups is 1. The molecule has 1 N–H and O–H groups in total. The highest BCUT2D eigenvalue weighted by atomic mass is 16.6. The fourth-order valence-electron chi connectivity index (χ4n) is 5.18. The van der Waals surface area contributed by atoms with Crippen molar-refractivity contribution in [1.82, 2.24) is 4.98 Å². The zero-order chi connectivity index (χ0) is 32.6. The number of H-pyrrole nitrogens is 1. The lowest BCUT2D eigenvalue weighted by Gasteiger charge is -2.41. The molecule has 0 saturated carbocycles. The summed E-state index contributed by atoms with van der Waals surface area (Å²) in [6, 6.07) is 18.2. The largest absolute Gasteiger partial charge is 0.490 e. The number of aromatic amines is 1. The molecule has 0 bridgehead atoms. The van der Waals surface area contributed by atoms with Crippen LogP contribution in [0.5, 0.6) is 11.5 Å². The maximum absolute atomic E-state index is 6.27. The number of benzene rings is 2. The van der Waals surface area contributed by atoms with Gasteiger partial charge in [0.15, 0.2) is 11.5 Å². The number of fused-ring (bicyclic) bond motifs is 1. The number of rotatable bonds is 8. The number of allylic oxidation sites excluding steroid dienone is 1. The molecule has 46 heavy (non-hydrogen) atoms. The number of nitrogens with zero attached hydrogens (tertiary/aromatic N) is 1. The van der Waals surface area contributed by atoms with Crippen LogP contribution < -0.4 is 9.47 Å². The Morgan fingerprint density at radius 1 is 0.826 bits per heavy atom. The molecule has 5 rings (SSSR count). The van der Waals surface area contributed by atoms with E-state index >= 15 is 0 Å². The molecule has 2 aromatic carbocycles. The van der Waals surface area contributed by atoms with Gasteiger partial charge in [0.1, 0.15) is 18.1 Å². The molecular weight excluding hydrogens is 580 g/mol. The van der Waals surface area contributed by atoms with E-state index in [1.54, 1.807) is 0 Å². The van der Waals surface area contributed by atoms with Crippen LogP contribution in [0.2, 0.25) is 0 Å². The lowest BCUT2D eigenvalue weighted by Crippen LogP contribution is -2.50. The van der Waals surface area contributed by atoms with Gasteiger partial charge in [-0.25, -0.2) is 4.99 Å². The van der Waals surface area contributed by atoms with Crippen LogP contribution in [-0.2, 0) is 25.6 Å². The first kappa shape index (κ1) is 33.5. The Bertz CT molecular complexity index is 1550. The molecule has 3 aromatic rings. The Balaban J connectivity index is 1.32. The molecule has 0 amide bonds. The van der Waals surface area contributed by atoms with Crippen molar-refractivity contribution in [3.05, 3.63) is 100 Å². The summed E-state index contributed by atoms with van der Waals surface area (Å²) in [5.74, 6) is 2.07. The fourth-order valence-corrected chi connectivity index (χ4v) is 5.18. The van der Waals surface area contributed by atoms with Gasteiger partial charge in [-0.05, 0) is 83.0 Å². The normalized spacial score (nSPS) is 19.3. The first-order valence-electron chi connectivity index (χ1n) is 16.2. The van der Waals surface area contributed by atoms with Gasteiger partial charge in [0, 0.05) is 35.9 Å². The van der Waals surface area contributed by atoms with Crippen molar-refractivity contribution in [2.75, 3.05) is 39.6 Å². The third-order valence-electron chi connectivity index (χ3n) is 8.54. The molecule has 0 fully saturated rings. The topological polar surface area (TPSA) is 83.5 Å². The van der Waals surface area contributed by atoms with E-state index in [0.29, 0.717) is 63.5 Å². The summed E-state index contributed by atoms with van der Waals surface area (Å²) in [5, 5.41) is 0. The lowest BCUT2D eigenvalue weighted by atomic mass is 9.89. The van der Waals surface area contributed by atoms with Gasteiger partial charge in [0.2, 0.25) is 0 Å². The van der Waals surface area contributed by atoms with E-state index in [1.807, 2.05) is 55.5 Å². The van der Waals surface area contributed by atoms with Crippen molar-refractivity contribution in [1.29, 1.82) is 0 Å². The Kier molecular flexibility index (Phi) is 11.0. The van der Waals surface area contributed by atoms with Crippen LogP contribution in [0.3, 0.4) is 0 Å². The smallest absolute Gasteiger partial charge is 0.161 e. The quantitative estimate of drug-likeness (QED) is 0.257. The minimum Gasteiger partial charge on any atom is -0.490 e. The van der Waals surface area contributed by atoms with Crippen LogP contribution in [0.15, 0.2) is 77.1 Å². The molecular formula is C38H48N2O6. The molecule has 8 nitrogen and oxygen atoms in total. The number of nitrogens with one attached hydrogen (secondary N) is 1. The summed E-state index contributed by atoms with van der Waals surface area (Å²) in [4.78, 5) is 8.43. The Morgan fingerprint density at radius 3 is 2.20 bits per heavy atom. The van der Waals surface area contributed by atoms with E-state index in [0.717, 1.165) is 52.3 Å². The standard InChI is InChI=1S/C38H48N2O6/c1-27-22-28(2)39-31(27)24-33-35(44-21-20-41-26-29-12-8-7-9-13-29)25-32(40-33)30-14-15-34-36(23-30)43-17-11-19-46-38(5,6)37(3,4)45-18-10-16-42-34/h7-9,12-15,22-25,39H,10-11,16-21,26H2,1-6H3/b33-24-. The van der Waals surface area contributed by atoms with Gasteiger partial charge < -0.3 is 33.4 Å². The monoisotopic (exact) mass is 628 g/mol. The Hall–Kier alpha value is -3.85. The number of aryl methyl sites for hydroxylation is 2. The molecule has 0 unspecified atom stereocenters. The second-order valence-electron chi connectivity index (χ2n) is 12.8. The first-order chi connectivity index (χ1) is 22.1. The van der Waals surface area contributed by atoms with E-state index in [4.69, 9.17) is 33.4 Å². The molecule has 3 heterocycles. The van der Waals surface area contributed by atoms with Crippen molar-refractivity contribution in [2.45, 2.75) is 72.2 Å². The molecule has 8 heteroatoms. The van der Waals surface area contributed by atoms with Gasteiger partial charge in [0.25, 0.3) is 0 Å². The van der Waals surface area contributed by atoms with E-state index in [9.17, 15) is 0 Å². The second-order valence-corrected chi connectivity index (χ2v) is 12.8. The van der Waals surface area contributed by atoms with Crippen LogP contribution >= 0.6 is 0 Å². The van der Waals surface area contributed by atoms with Crippen molar-refractivity contribution in [3.63, 3.8) is 0 Å². The fraction of sp³-hybridized carbons (Fsp3) is 0.447. The van der Waals surface area contributed by atoms with Crippen LogP contribution in [0, 0.1) is 13.8 Å². The van der Waals surface area contributed by atoms with Crippen molar-refractivity contribution >= 4 is 11.8 Å². The summed E-state index contributed by atoms with van der Waals surface area (Å²) in [7, 11) is 0. The van der Waals surface area contributed by atoms with Crippen LogP contribution in [0.25, 0.3) is 6.08 Å². The maximum atomic E-state index is 6.27. The van der Waals surface area contributed by atoms with Gasteiger partial charge in [-0.15, -0.1) is 0 Å². The van der Waals surface area contributed by atoms with Gasteiger partial charge in [0.05, 0.1) is 56.6 Å².